The fourth-order valence-electron chi connectivity index (χ4n) is 2.49. The van der Waals surface area contributed by atoms with E-state index in [-0.39, 0.29) is 18.5 Å². The molecule has 2 N–H and O–H groups in total. The Bertz CT molecular complexity index is 558. The molecular weight excluding hydrogens is 348 g/mol. The average Bonchev–Trinajstić information content (AvgIpc) is 2.94. The van der Waals surface area contributed by atoms with E-state index in [4.69, 9.17) is 11.6 Å². The molecule has 24 heavy (non-hydrogen) atoms. The molecule has 0 aliphatic carbocycles. The highest BCUT2D eigenvalue weighted by Crippen LogP contribution is 2.23. The number of imide groups is 1. The lowest BCUT2D eigenvalue weighted by atomic mass is 10.3. The zero-order chi connectivity index (χ0) is 17.5. The Labute approximate surface area is 152 Å². The van der Waals surface area contributed by atoms with Crippen molar-refractivity contribution in [1.82, 2.24) is 20.4 Å². The van der Waals surface area contributed by atoms with Crippen LogP contribution < -0.4 is 10.6 Å². The zero-order valence-corrected chi connectivity index (χ0v) is 15.8. The van der Waals surface area contributed by atoms with Crippen LogP contribution in [0, 0.1) is 0 Å². The normalized spacial score (nSPS) is 17.5. The van der Waals surface area contributed by atoms with Gasteiger partial charge in [0.25, 0.3) is 0 Å². The Balaban J connectivity index is 1.67. The third kappa shape index (κ3) is 6.39. The summed E-state index contributed by atoms with van der Waals surface area (Å²) in [7, 11) is 0. The second kappa shape index (κ2) is 9.36. The number of hydrogen-bond acceptors (Lipinski definition) is 5. The number of nitrogens with zero attached hydrogens (tertiary/aromatic N) is 2. The van der Waals surface area contributed by atoms with Crippen LogP contribution in [0.25, 0.3) is 0 Å². The fourth-order valence-corrected chi connectivity index (χ4v) is 3.62. The van der Waals surface area contributed by atoms with E-state index in [1.165, 1.54) is 4.88 Å². The minimum absolute atomic E-state index is 0.0621. The standard InChI is InChI=1S/C16H25ClN4O2S/c1-3-12(2)18-16(23)19-15(22)11-21-8-6-20(7-9-21)10-13-4-5-14(17)24-13/h4-5,12H,3,6-11H2,1-2H3,(H2,18,19,22,23)/t12-/m0/s1. The van der Waals surface area contributed by atoms with Gasteiger partial charge in [-0.2, -0.15) is 0 Å². The number of carbonyl (C=O) groups excluding carboxylic acids is 2. The molecule has 8 heteroatoms. The van der Waals surface area contributed by atoms with Gasteiger partial charge in [0.05, 0.1) is 10.9 Å². The molecular formula is C16H25ClN4O2S. The number of nitrogens with one attached hydrogen (secondary N) is 2. The predicted molar refractivity (Wildman–Crippen MR) is 97.5 cm³/mol. The SMILES string of the molecule is CC[C@H](C)NC(=O)NC(=O)CN1CCN(Cc2ccc(Cl)s2)CC1. The van der Waals surface area contributed by atoms with Gasteiger partial charge in [0.15, 0.2) is 0 Å². The van der Waals surface area contributed by atoms with E-state index in [1.807, 2.05) is 19.9 Å². The van der Waals surface area contributed by atoms with Gasteiger partial charge in [-0.1, -0.05) is 18.5 Å². The fraction of sp³-hybridized carbons (Fsp3) is 0.625. The van der Waals surface area contributed by atoms with Crippen molar-refractivity contribution < 1.29 is 9.59 Å². The first-order valence-electron chi connectivity index (χ1n) is 8.25. The number of urea groups is 1. The van der Waals surface area contributed by atoms with Gasteiger partial charge in [-0.15, -0.1) is 11.3 Å². The minimum Gasteiger partial charge on any atom is -0.335 e. The number of rotatable bonds is 6. The molecule has 0 spiro atoms. The van der Waals surface area contributed by atoms with Gasteiger partial charge < -0.3 is 5.32 Å². The summed E-state index contributed by atoms with van der Waals surface area (Å²) in [5.74, 6) is -0.255. The monoisotopic (exact) mass is 372 g/mol. The first kappa shape index (κ1) is 19.2. The molecule has 2 rings (SSSR count). The molecule has 0 aromatic carbocycles. The van der Waals surface area contributed by atoms with Crippen molar-refractivity contribution in [2.24, 2.45) is 0 Å². The van der Waals surface area contributed by atoms with Crippen molar-refractivity contribution in [1.29, 1.82) is 0 Å². The van der Waals surface area contributed by atoms with E-state index in [9.17, 15) is 9.59 Å². The lowest BCUT2D eigenvalue weighted by Crippen LogP contribution is -2.51. The van der Waals surface area contributed by atoms with Crippen LogP contribution in [0.3, 0.4) is 0 Å². The Hall–Kier alpha value is -1.15. The zero-order valence-electron chi connectivity index (χ0n) is 14.2. The van der Waals surface area contributed by atoms with Crippen LogP contribution in [0.4, 0.5) is 4.79 Å². The Morgan fingerprint density at radius 3 is 2.50 bits per heavy atom. The van der Waals surface area contributed by atoms with Gasteiger partial charge in [0, 0.05) is 43.6 Å². The minimum atomic E-state index is -0.414. The molecule has 0 saturated carbocycles. The van der Waals surface area contributed by atoms with Crippen molar-refractivity contribution >= 4 is 34.9 Å². The highest BCUT2D eigenvalue weighted by molar-refractivity contribution is 7.16. The highest BCUT2D eigenvalue weighted by Gasteiger charge is 2.20. The second-order valence-corrected chi connectivity index (χ2v) is 7.89. The lowest BCUT2D eigenvalue weighted by Gasteiger charge is -2.33. The number of thiophene rings is 1. The second-order valence-electron chi connectivity index (χ2n) is 6.09. The molecule has 2 heterocycles. The van der Waals surface area contributed by atoms with E-state index in [0.717, 1.165) is 43.5 Å². The molecule has 1 saturated heterocycles. The largest absolute Gasteiger partial charge is 0.335 e. The maximum Gasteiger partial charge on any atom is 0.321 e. The molecule has 1 fully saturated rings. The van der Waals surface area contributed by atoms with Crippen LogP contribution in [0.1, 0.15) is 25.1 Å². The molecule has 3 amide bonds. The van der Waals surface area contributed by atoms with Crippen molar-refractivity contribution in [3.8, 4) is 0 Å². The Morgan fingerprint density at radius 1 is 1.25 bits per heavy atom. The molecule has 0 radical (unpaired) electrons. The van der Waals surface area contributed by atoms with Crippen LogP contribution in [0.2, 0.25) is 4.34 Å². The molecule has 1 aromatic heterocycles. The molecule has 0 unspecified atom stereocenters. The van der Waals surface area contributed by atoms with Crippen LogP contribution >= 0.6 is 22.9 Å². The van der Waals surface area contributed by atoms with Crippen LogP contribution in [0.5, 0.6) is 0 Å². The quantitative estimate of drug-likeness (QED) is 0.803. The summed E-state index contributed by atoms with van der Waals surface area (Å²) in [5, 5.41) is 5.12. The first-order chi connectivity index (χ1) is 11.5. The molecule has 1 aliphatic rings. The van der Waals surface area contributed by atoms with Crippen molar-refractivity contribution in [2.45, 2.75) is 32.9 Å². The maximum atomic E-state index is 11.9. The summed E-state index contributed by atoms with van der Waals surface area (Å²) < 4.78 is 0.816. The van der Waals surface area contributed by atoms with E-state index in [0.29, 0.717) is 0 Å². The summed E-state index contributed by atoms with van der Waals surface area (Å²) in [5.41, 5.74) is 0. The van der Waals surface area contributed by atoms with Gasteiger partial charge >= 0.3 is 6.03 Å². The molecule has 134 valence electrons. The third-order valence-corrected chi connectivity index (χ3v) is 5.30. The van der Waals surface area contributed by atoms with Crippen LogP contribution in [-0.4, -0.2) is 60.5 Å². The molecule has 0 bridgehead atoms. The van der Waals surface area contributed by atoms with Crippen LogP contribution in [0.15, 0.2) is 12.1 Å². The summed E-state index contributed by atoms with van der Waals surface area (Å²) in [4.78, 5) is 29.3. The summed E-state index contributed by atoms with van der Waals surface area (Å²) in [6.07, 6.45) is 0.832. The van der Waals surface area contributed by atoms with E-state index in [1.54, 1.807) is 11.3 Å². The van der Waals surface area contributed by atoms with Crippen molar-refractivity contribution in [3.05, 3.63) is 21.3 Å². The number of hydrogen-bond donors (Lipinski definition) is 2. The van der Waals surface area contributed by atoms with Gasteiger partial charge in [0.1, 0.15) is 0 Å². The molecule has 1 aliphatic heterocycles. The van der Waals surface area contributed by atoms with Gasteiger partial charge in [-0.25, -0.2) is 4.79 Å². The lowest BCUT2D eigenvalue weighted by molar-refractivity contribution is -0.121. The summed E-state index contributed by atoms with van der Waals surface area (Å²) in [6, 6.07) is 3.63. The van der Waals surface area contributed by atoms with Gasteiger partial charge in [-0.05, 0) is 25.5 Å². The summed E-state index contributed by atoms with van der Waals surface area (Å²) >= 11 is 7.56. The van der Waals surface area contributed by atoms with Gasteiger partial charge in [-0.3, -0.25) is 19.9 Å². The van der Waals surface area contributed by atoms with E-state index in [2.05, 4.69) is 26.5 Å². The number of halogens is 1. The number of amides is 3. The van der Waals surface area contributed by atoms with E-state index >= 15 is 0 Å². The predicted octanol–water partition coefficient (Wildman–Crippen LogP) is 2.14. The summed E-state index contributed by atoms with van der Waals surface area (Å²) in [6.45, 7) is 8.49. The molecule has 1 atom stereocenters. The van der Waals surface area contributed by atoms with Gasteiger partial charge in [0.2, 0.25) is 5.91 Å². The molecule has 6 nitrogen and oxygen atoms in total. The third-order valence-electron chi connectivity index (χ3n) is 4.08. The smallest absolute Gasteiger partial charge is 0.321 e. The van der Waals surface area contributed by atoms with Crippen molar-refractivity contribution in [3.63, 3.8) is 0 Å². The first-order valence-corrected chi connectivity index (χ1v) is 9.45. The topological polar surface area (TPSA) is 64.7 Å². The van der Waals surface area contributed by atoms with Crippen LogP contribution in [-0.2, 0) is 11.3 Å². The average molecular weight is 373 g/mol. The Morgan fingerprint density at radius 2 is 1.92 bits per heavy atom. The Kier molecular flexibility index (Phi) is 7.48. The number of piperazine rings is 1. The highest BCUT2D eigenvalue weighted by atomic mass is 35.5. The van der Waals surface area contributed by atoms with E-state index < -0.39 is 6.03 Å². The van der Waals surface area contributed by atoms with Crippen molar-refractivity contribution in [2.75, 3.05) is 32.7 Å². The maximum absolute atomic E-state index is 11.9. The number of carbonyl (C=O) groups is 2. The molecule has 1 aromatic rings.